The number of benzene rings is 8. The average Bonchev–Trinajstić information content (AvgIpc) is 4.12. The number of rotatable bonds is 3. The van der Waals surface area contributed by atoms with Crippen molar-refractivity contribution in [2.45, 2.75) is 5.41 Å². The van der Waals surface area contributed by atoms with E-state index in [1.165, 1.54) is 10.8 Å². The first-order valence-corrected chi connectivity index (χ1v) is 22.9. The van der Waals surface area contributed by atoms with Crippen molar-refractivity contribution in [3.63, 3.8) is 0 Å². The zero-order valence-electron chi connectivity index (χ0n) is 36.6. The summed E-state index contributed by atoms with van der Waals surface area (Å²) in [7, 11) is 0. The van der Waals surface area contributed by atoms with Crippen molar-refractivity contribution in [1.82, 2.24) is 23.7 Å². The molecule has 1 aliphatic carbocycles. The zero-order chi connectivity index (χ0) is 45.5. The normalized spacial score (nSPS) is 14.5. The molecule has 0 bridgehead atoms. The van der Waals surface area contributed by atoms with Crippen molar-refractivity contribution in [2.24, 2.45) is 0 Å². The van der Waals surface area contributed by atoms with Crippen LogP contribution in [0.4, 0.5) is 0 Å². The summed E-state index contributed by atoms with van der Waals surface area (Å²) in [6.07, 6.45) is 3.86. The number of pyridine rings is 2. The number of hydrogen-bond acceptors (Lipinski definition) is 5. The summed E-state index contributed by atoms with van der Waals surface area (Å²) in [5.41, 5.74) is 15.4. The fourth-order valence-electron chi connectivity index (χ4n) is 11.9. The SMILES string of the molecule is N#Cc1ccc2c(c1)c1cc(C#N)ccc1n2-c1ccc2c(c1)c1ccccc1n2-c1ccc2c(c1)C1(c3ccccc3O2)c2cccnc2-c2ncc(-n3c4ccccc4c4ccccc43)cc21. The quantitative estimate of drug-likeness (QED) is 0.176. The molecule has 8 aromatic carbocycles. The summed E-state index contributed by atoms with van der Waals surface area (Å²) in [5, 5.41) is 26.1. The Bertz CT molecular complexity index is 4390. The third-order valence-corrected chi connectivity index (χ3v) is 14.6. The van der Waals surface area contributed by atoms with Crippen molar-refractivity contribution >= 4 is 65.4 Å². The van der Waals surface area contributed by atoms with E-state index in [1.54, 1.807) is 0 Å². The maximum atomic E-state index is 9.85. The molecule has 15 rings (SSSR count). The van der Waals surface area contributed by atoms with E-state index in [2.05, 4.69) is 165 Å². The largest absolute Gasteiger partial charge is 0.457 e. The zero-order valence-corrected chi connectivity index (χ0v) is 36.6. The van der Waals surface area contributed by atoms with Crippen LogP contribution in [0.2, 0.25) is 0 Å². The molecule has 0 radical (unpaired) electrons. The molecule has 0 saturated heterocycles. The van der Waals surface area contributed by atoms with E-state index in [4.69, 9.17) is 14.7 Å². The van der Waals surface area contributed by atoms with Crippen molar-refractivity contribution < 1.29 is 4.74 Å². The first kappa shape index (κ1) is 37.5. The maximum Gasteiger partial charge on any atom is 0.132 e. The topological polar surface area (TPSA) is 97.4 Å². The number of ether oxygens (including phenoxy) is 1. The van der Waals surface area contributed by atoms with Crippen LogP contribution in [-0.2, 0) is 5.41 Å². The molecule has 69 heavy (non-hydrogen) atoms. The molecular weight excluding hydrogens is 847 g/mol. The average molecular weight is 880 g/mol. The third-order valence-electron chi connectivity index (χ3n) is 14.6. The molecule has 8 nitrogen and oxygen atoms in total. The lowest BCUT2D eigenvalue weighted by Crippen LogP contribution is -2.32. The van der Waals surface area contributed by atoms with Gasteiger partial charge < -0.3 is 18.4 Å². The lowest BCUT2D eigenvalue weighted by Gasteiger charge is -2.39. The summed E-state index contributed by atoms with van der Waals surface area (Å²) < 4.78 is 13.9. The van der Waals surface area contributed by atoms with Crippen LogP contribution in [0.3, 0.4) is 0 Å². The fraction of sp³-hybridized carbons (Fsp3) is 0.0164. The molecular formula is C61H33N7O. The molecule has 1 unspecified atom stereocenters. The number of nitriles is 2. The first-order chi connectivity index (χ1) is 34.1. The monoisotopic (exact) mass is 879 g/mol. The van der Waals surface area contributed by atoms with E-state index < -0.39 is 5.41 Å². The molecule has 2 aliphatic rings. The van der Waals surface area contributed by atoms with E-state index in [-0.39, 0.29) is 0 Å². The lowest BCUT2D eigenvalue weighted by atomic mass is 9.66. The molecule has 0 N–H and O–H groups in total. The number of fused-ring (bicyclic) bond motifs is 18. The Balaban J connectivity index is 0.980. The standard InChI is InChI=1S/C61H33N7O/c62-33-36-19-23-54-44(28-36)45-29-37(34-63)20-24-55(45)66(54)38-21-25-56-46(30-38)43-12-3-7-17-53(43)67(56)39-22-26-58-49(31-39)61(47-13-4-8-18-57(47)69-58)48-14-9-27-64-59(48)60-50(61)32-40(35-65-60)68-51-15-5-1-10-41(51)42-11-2-6-16-52(42)68/h1-32,35H. The second-order valence-corrected chi connectivity index (χ2v) is 18.0. The second kappa shape index (κ2) is 13.6. The summed E-state index contributed by atoms with van der Waals surface area (Å²) in [6, 6.07) is 70.2. The fourth-order valence-corrected chi connectivity index (χ4v) is 11.9. The van der Waals surface area contributed by atoms with Crippen LogP contribution in [-0.4, -0.2) is 23.7 Å². The van der Waals surface area contributed by atoms with Crippen LogP contribution in [0.5, 0.6) is 11.5 Å². The number of para-hydroxylation sites is 4. The van der Waals surface area contributed by atoms with Gasteiger partial charge in [-0.15, -0.1) is 0 Å². The van der Waals surface area contributed by atoms with Crippen molar-refractivity contribution in [1.29, 1.82) is 10.5 Å². The van der Waals surface area contributed by atoms with Gasteiger partial charge in [0.2, 0.25) is 0 Å². The minimum absolute atomic E-state index is 0.573. The molecule has 0 fully saturated rings. The molecule has 1 aliphatic heterocycles. The predicted octanol–water partition coefficient (Wildman–Crippen LogP) is 14.0. The first-order valence-electron chi connectivity index (χ1n) is 22.9. The van der Waals surface area contributed by atoms with Gasteiger partial charge in [-0.2, -0.15) is 10.5 Å². The van der Waals surface area contributed by atoms with Gasteiger partial charge in [-0.1, -0.05) is 78.9 Å². The molecule has 13 aromatic rings. The number of aromatic nitrogens is 5. The molecule has 0 saturated carbocycles. The molecule has 5 aromatic heterocycles. The smallest absolute Gasteiger partial charge is 0.132 e. The second-order valence-electron chi connectivity index (χ2n) is 18.0. The van der Waals surface area contributed by atoms with Gasteiger partial charge >= 0.3 is 0 Å². The molecule has 1 spiro atoms. The highest BCUT2D eigenvalue weighted by Gasteiger charge is 2.53. The summed E-state index contributed by atoms with van der Waals surface area (Å²) >= 11 is 0. The Hall–Kier alpha value is -9.76. The van der Waals surface area contributed by atoms with Gasteiger partial charge in [0.15, 0.2) is 0 Å². The lowest BCUT2D eigenvalue weighted by molar-refractivity contribution is 0.436. The van der Waals surface area contributed by atoms with Gasteiger partial charge in [-0.05, 0) is 115 Å². The van der Waals surface area contributed by atoms with Gasteiger partial charge in [0, 0.05) is 66.6 Å². The van der Waals surface area contributed by atoms with E-state index in [0.717, 1.165) is 117 Å². The summed E-state index contributed by atoms with van der Waals surface area (Å²) in [5.74, 6) is 1.57. The molecule has 8 heteroatoms. The van der Waals surface area contributed by atoms with Crippen LogP contribution >= 0.6 is 0 Å². The van der Waals surface area contributed by atoms with Crippen LogP contribution < -0.4 is 4.74 Å². The van der Waals surface area contributed by atoms with Crippen LogP contribution in [0, 0.1) is 22.7 Å². The van der Waals surface area contributed by atoms with Crippen LogP contribution in [0.25, 0.3) is 93.9 Å². The number of nitrogens with zero attached hydrogens (tertiary/aromatic N) is 7. The molecule has 6 heterocycles. The predicted molar refractivity (Wildman–Crippen MR) is 272 cm³/mol. The molecule has 318 valence electrons. The van der Waals surface area contributed by atoms with E-state index in [1.807, 2.05) is 60.9 Å². The summed E-state index contributed by atoms with van der Waals surface area (Å²) in [6.45, 7) is 0. The van der Waals surface area contributed by atoms with Gasteiger partial charge in [0.1, 0.15) is 11.5 Å². The van der Waals surface area contributed by atoms with Crippen molar-refractivity contribution in [3.05, 3.63) is 234 Å². The van der Waals surface area contributed by atoms with Crippen molar-refractivity contribution in [3.8, 4) is 52.1 Å². The Morgan fingerprint density at radius 1 is 0.377 bits per heavy atom. The Kier molecular flexibility index (Phi) is 7.41. The Labute approximate surface area is 394 Å². The van der Waals surface area contributed by atoms with Crippen LogP contribution in [0.1, 0.15) is 33.4 Å². The van der Waals surface area contributed by atoms with Gasteiger partial charge in [0.25, 0.3) is 0 Å². The highest BCUT2D eigenvalue weighted by atomic mass is 16.5. The van der Waals surface area contributed by atoms with E-state index >= 15 is 0 Å². The van der Waals surface area contributed by atoms with Gasteiger partial charge in [0.05, 0.1) is 85.1 Å². The van der Waals surface area contributed by atoms with Gasteiger partial charge in [-0.25, -0.2) is 0 Å². The molecule has 0 amide bonds. The van der Waals surface area contributed by atoms with E-state index in [9.17, 15) is 10.5 Å². The maximum absolute atomic E-state index is 9.85. The molecule has 1 atom stereocenters. The third kappa shape index (κ3) is 4.88. The van der Waals surface area contributed by atoms with Crippen LogP contribution in [0.15, 0.2) is 200 Å². The highest BCUT2D eigenvalue weighted by Crippen LogP contribution is 2.62. The minimum Gasteiger partial charge on any atom is -0.457 e. The Morgan fingerprint density at radius 2 is 0.855 bits per heavy atom. The summed E-state index contributed by atoms with van der Waals surface area (Å²) in [4.78, 5) is 10.4. The van der Waals surface area contributed by atoms with Gasteiger partial charge in [-0.3, -0.25) is 9.97 Å². The Morgan fingerprint density at radius 3 is 1.52 bits per heavy atom. The highest BCUT2D eigenvalue weighted by molar-refractivity contribution is 6.13. The van der Waals surface area contributed by atoms with E-state index in [0.29, 0.717) is 11.1 Å². The van der Waals surface area contributed by atoms with Crippen molar-refractivity contribution in [2.75, 3.05) is 0 Å². The minimum atomic E-state index is -0.833. The number of hydrogen-bond donors (Lipinski definition) is 0.